The van der Waals surface area contributed by atoms with Crippen molar-refractivity contribution in [1.29, 1.82) is 0 Å². The SMILES string of the molecule is C=C(C)C(NCCC)C1COc2ccccc21. The van der Waals surface area contributed by atoms with Crippen molar-refractivity contribution >= 4 is 0 Å². The summed E-state index contributed by atoms with van der Waals surface area (Å²) in [5, 5.41) is 3.57. The van der Waals surface area contributed by atoms with Gasteiger partial charge >= 0.3 is 0 Å². The third-order valence-electron chi connectivity index (χ3n) is 3.28. The van der Waals surface area contributed by atoms with Crippen molar-refractivity contribution in [3.05, 3.63) is 42.0 Å². The Balaban J connectivity index is 2.18. The lowest BCUT2D eigenvalue weighted by molar-refractivity contribution is 0.309. The van der Waals surface area contributed by atoms with E-state index in [1.165, 1.54) is 11.1 Å². The van der Waals surface area contributed by atoms with E-state index in [0.29, 0.717) is 12.0 Å². The highest BCUT2D eigenvalue weighted by Gasteiger charge is 2.31. The summed E-state index contributed by atoms with van der Waals surface area (Å²) in [6.07, 6.45) is 1.14. The van der Waals surface area contributed by atoms with E-state index in [0.717, 1.165) is 25.3 Å². The Bertz CT molecular complexity index is 400. The Labute approximate surface area is 104 Å². The zero-order valence-electron chi connectivity index (χ0n) is 10.7. The topological polar surface area (TPSA) is 21.3 Å². The van der Waals surface area contributed by atoms with E-state index in [4.69, 9.17) is 4.74 Å². The lowest BCUT2D eigenvalue weighted by atomic mass is 9.89. The summed E-state index contributed by atoms with van der Waals surface area (Å²) in [5.41, 5.74) is 2.49. The van der Waals surface area contributed by atoms with Crippen LogP contribution in [-0.2, 0) is 0 Å². The monoisotopic (exact) mass is 231 g/mol. The molecule has 0 aliphatic carbocycles. The van der Waals surface area contributed by atoms with Crippen LogP contribution in [0, 0.1) is 0 Å². The smallest absolute Gasteiger partial charge is 0.122 e. The van der Waals surface area contributed by atoms with Gasteiger partial charge in [0, 0.05) is 17.5 Å². The molecule has 0 spiro atoms. The summed E-state index contributed by atoms with van der Waals surface area (Å²) in [6.45, 7) is 10.2. The van der Waals surface area contributed by atoms with Crippen molar-refractivity contribution in [2.24, 2.45) is 0 Å². The van der Waals surface area contributed by atoms with Crippen LogP contribution >= 0.6 is 0 Å². The van der Waals surface area contributed by atoms with Gasteiger partial charge in [0.25, 0.3) is 0 Å². The van der Waals surface area contributed by atoms with E-state index >= 15 is 0 Å². The van der Waals surface area contributed by atoms with Crippen LogP contribution in [0.5, 0.6) is 5.75 Å². The molecule has 1 N–H and O–H groups in total. The van der Waals surface area contributed by atoms with E-state index in [2.05, 4.69) is 37.9 Å². The second kappa shape index (κ2) is 5.37. The molecule has 1 aromatic carbocycles. The molecule has 2 rings (SSSR count). The largest absolute Gasteiger partial charge is 0.493 e. The van der Waals surface area contributed by atoms with Gasteiger partial charge in [-0.3, -0.25) is 0 Å². The van der Waals surface area contributed by atoms with Gasteiger partial charge in [-0.25, -0.2) is 0 Å². The summed E-state index contributed by atoms with van der Waals surface area (Å²) in [6, 6.07) is 8.63. The van der Waals surface area contributed by atoms with E-state index in [1.807, 2.05) is 12.1 Å². The number of hydrogen-bond donors (Lipinski definition) is 1. The predicted molar refractivity (Wildman–Crippen MR) is 71.6 cm³/mol. The normalized spacial score (nSPS) is 19.5. The van der Waals surface area contributed by atoms with Gasteiger partial charge < -0.3 is 10.1 Å². The van der Waals surface area contributed by atoms with Gasteiger partial charge in [0.05, 0.1) is 6.61 Å². The fraction of sp³-hybridized carbons (Fsp3) is 0.467. The number of hydrogen-bond acceptors (Lipinski definition) is 2. The number of ether oxygens (including phenoxy) is 1. The van der Waals surface area contributed by atoms with E-state index in [9.17, 15) is 0 Å². The first kappa shape index (κ1) is 12.2. The Morgan fingerprint density at radius 2 is 2.29 bits per heavy atom. The predicted octanol–water partition coefficient (Wildman–Crippen LogP) is 3.11. The summed E-state index contributed by atoms with van der Waals surface area (Å²) >= 11 is 0. The van der Waals surface area contributed by atoms with Crippen LogP contribution in [0.25, 0.3) is 0 Å². The van der Waals surface area contributed by atoms with Crippen LogP contribution < -0.4 is 10.1 Å². The Hall–Kier alpha value is -1.28. The molecular formula is C15H21NO. The maximum atomic E-state index is 5.74. The van der Waals surface area contributed by atoms with Crippen molar-refractivity contribution < 1.29 is 4.74 Å². The first-order chi connectivity index (χ1) is 8.24. The molecule has 1 aliphatic heterocycles. The molecular weight excluding hydrogens is 210 g/mol. The molecule has 92 valence electrons. The van der Waals surface area contributed by atoms with Gasteiger partial charge in [0.1, 0.15) is 5.75 Å². The van der Waals surface area contributed by atoms with E-state index in [1.54, 1.807) is 0 Å². The average Bonchev–Trinajstić information content (AvgIpc) is 2.73. The highest BCUT2D eigenvalue weighted by molar-refractivity contribution is 5.41. The zero-order valence-corrected chi connectivity index (χ0v) is 10.7. The number of benzene rings is 1. The molecule has 0 fully saturated rings. The van der Waals surface area contributed by atoms with E-state index in [-0.39, 0.29) is 0 Å². The van der Waals surface area contributed by atoms with Gasteiger partial charge in [0.15, 0.2) is 0 Å². The van der Waals surface area contributed by atoms with Crippen molar-refractivity contribution in [3.63, 3.8) is 0 Å². The highest BCUT2D eigenvalue weighted by Crippen LogP contribution is 2.37. The molecule has 0 saturated carbocycles. The second-order valence-electron chi connectivity index (χ2n) is 4.73. The fourth-order valence-corrected chi connectivity index (χ4v) is 2.42. The molecule has 0 amide bonds. The minimum atomic E-state index is 0.318. The molecule has 1 aliphatic rings. The van der Waals surface area contributed by atoms with Crippen molar-refractivity contribution in [3.8, 4) is 5.75 Å². The minimum absolute atomic E-state index is 0.318. The standard InChI is InChI=1S/C15H21NO/c1-4-9-16-15(11(2)3)13-10-17-14-8-6-5-7-12(13)14/h5-8,13,15-16H,2,4,9-10H2,1,3H3. The van der Waals surface area contributed by atoms with Crippen LogP contribution in [0.15, 0.2) is 36.4 Å². The average molecular weight is 231 g/mol. The molecule has 2 nitrogen and oxygen atoms in total. The van der Waals surface area contributed by atoms with Crippen LogP contribution in [0.2, 0.25) is 0 Å². The zero-order chi connectivity index (χ0) is 12.3. The van der Waals surface area contributed by atoms with Gasteiger partial charge in [-0.05, 0) is 26.0 Å². The summed E-state index contributed by atoms with van der Waals surface area (Å²) in [5.74, 6) is 1.43. The molecule has 17 heavy (non-hydrogen) atoms. The first-order valence-corrected chi connectivity index (χ1v) is 6.34. The number of nitrogens with one attached hydrogen (secondary N) is 1. The number of rotatable bonds is 5. The molecule has 2 heteroatoms. The molecule has 0 aromatic heterocycles. The van der Waals surface area contributed by atoms with Gasteiger partial charge in [0.2, 0.25) is 0 Å². The van der Waals surface area contributed by atoms with Crippen molar-refractivity contribution in [2.45, 2.75) is 32.2 Å². The van der Waals surface area contributed by atoms with Crippen LogP contribution in [-0.4, -0.2) is 19.2 Å². The Morgan fingerprint density at radius 1 is 1.53 bits per heavy atom. The third kappa shape index (κ3) is 2.52. The summed E-state index contributed by atoms with van der Waals surface area (Å²) in [4.78, 5) is 0. The summed E-state index contributed by atoms with van der Waals surface area (Å²) in [7, 11) is 0. The van der Waals surface area contributed by atoms with Crippen LogP contribution in [0.1, 0.15) is 31.7 Å². The minimum Gasteiger partial charge on any atom is -0.493 e. The first-order valence-electron chi connectivity index (χ1n) is 6.34. The molecule has 0 radical (unpaired) electrons. The molecule has 1 aromatic rings. The summed E-state index contributed by atoms with van der Waals surface area (Å²) < 4.78 is 5.74. The quantitative estimate of drug-likeness (QED) is 0.786. The molecule has 1 heterocycles. The highest BCUT2D eigenvalue weighted by atomic mass is 16.5. The maximum Gasteiger partial charge on any atom is 0.122 e. The van der Waals surface area contributed by atoms with Crippen molar-refractivity contribution in [2.75, 3.05) is 13.2 Å². The molecule has 0 bridgehead atoms. The molecule has 2 atom stereocenters. The maximum absolute atomic E-state index is 5.74. The third-order valence-corrected chi connectivity index (χ3v) is 3.28. The van der Waals surface area contributed by atoms with Crippen LogP contribution in [0.4, 0.5) is 0 Å². The lowest BCUT2D eigenvalue weighted by Crippen LogP contribution is -2.37. The van der Waals surface area contributed by atoms with Crippen LogP contribution in [0.3, 0.4) is 0 Å². The lowest BCUT2D eigenvalue weighted by Gasteiger charge is -2.24. The van der Waals surface area contributed by atoms with Gasteiger partial charge in [-0.2, -0.15) is 0 Å². The molecule has 2 unspecified atom stereocenters. The van der Waals surface area contributed by atoms with Crippen molar-refractivity contribution in [1.82, 2.24) is 5.32 Å². The Kier molecular flexibility index (Phi) is 3.85. The Morgan fingerprint density at radius 3 is 3.00 bits per heavy atom. The number of fused-ring (bicyclic) bond motifs is 1. The number of para-hydroxylation sites is 1. The van der Waals surface area contributed by atoms with Gasteiger partial charge in [-0.1, -0.05) is 37.3 Å². The second-order valence-corrected chi connectivity index (χ2v) is 4.73. The fourth-order valence-electron chi connectivity index (χ4n) is 2.42. The van der Waals surface area contributed by atoms with Gasteiger partial charge in [-0.15, -0.1) is 0 Å². The van der Waals surface area contributed by atoms with E-state index < -0.39 is 0 Å². The molecule has 0 saturated heterocycles.